The van der Waals surface area contributed by atoms with Gasteiger partial charge in [0, 0.05) is 11.0 Å². The second-order valence-corrected chi connectivity index (χ2v) is 7.29. The van der Waals surface area contributed by atoms with Gasteiger partial charge in [-0.25, -0.2) is 10.0 Å². The van der Waals surface area contributed by atoms with Gasteiger partial charge in [-0.3, -0.25) is 20.2 Å². The fraction of sp³-hybridized carbons (Fsp3) is 0.278. The van der Waals surface area contributed by atoms with Crippen molar-refractivity contribution in [2.24, 2.45) is 10.1 Å². The Labute approximate surface area is 164 Å². The number of amidine groups is 1. The number of thioether (sulfide) groups is 1. The fourth-order valence-electron chi connectivity index (χ4n) is 2.97. The highest BCUT2D eigenvalue weighted by Gasteiger charge is 2.36. The summed E-state index contributed by atoms with van der Waals surface area (Å²) in [6.07, 6.45) is 1.24. The Morgan fingerprint density at radius 2 is 2.14 bits per heavy atom. The number of benzene rings is 1. The molecule has 1 atom stereocenters. The van der Waals surface area contributed by atoms with Gasteiger partial charge >= 0.3 is 5.88 Å². The number of furan rings is 1. The van der Waals surface area contributed by atoms with Crippen molar-refractivity contribution in [2.45, 2.75) is 25.9 Å². The molecule has 1 aromatic carbocycles. The van der Waals surface area contributed by atoms with Gasteiger partial charge in [0.15, 0.2) is 10.9 Å². The van der Waals surface area contributed by atoms with Crippen LogP contribution >= 0.6 is 11.8 Å². The monoisotopic (exact) mass is 399 g/mol. The third-order valence-electron chi connectivity index (χ3n) is 4.30. The van der Waals surface area contributed by atoms with Crippen LogP contribution in [0.5, 0.6) is 0 Å². The van der Waals surface area contributed by atoms with Gasteiger partial charge in [0.25, 0.3) is 5.91 Å². The van der Waals surface area contributed by atoms with Gasteiger partial charge in [-0.1, -0.05) is 43.3 Å². The van der Waals surface area contributed by atoms with Crippen molar-refractivity contribution >= 4 is 34.4 Å². The fourth-order valence-corrected chi connectivity index (χ4v) is 3.91. The summed E-state index contributed by atoms with van der Waals surface area (Å²) in [4.78, 5) is 27.9. The van der Waals surface area contributed by atoms with Crippen molar-refractivity contribution in [3.8, 4) is 0 Å². The minimum Gasteiger partial charge on any atom is -0.401 e. The van der Waals surface area contributed by atoms with E-state index in [0.717, 1.165) is 18.6 Å². The van der Waals surface area contributed by atoms with Crippen LogP contribution in [0.15, 0.2) is 50.9 Å². The van der Waals surface area contributed by atoms with E-state index >= 15 is 0 Å². The van der Waals surface area contributed by atoms with Crippen LogP contribution in [0.2, 0.25) is 0 Å². The third kappa shape index (κ3) is 3.26. The highest BCUT2D eigenvalue weighted by atomic mass is 32.2. The van der Waals surface area contributed by atoms with E-state index in [4.69, 9.17) is 4.42 Å². The van der Waals surface area contributed by atoms with Gasteiger partial charge in [-0.15, -0.1) is 5.10 Å². The zero-order valence-corrected chi connectivity index (χ0v) is 15.8. The van der Waals surface area contributed by atoms with Gasteiger partial charge in [0.05, 0.1) is 11.4 Å². The van der Waals surface area contributed by atoms with E-state index < -0.39 is 11.1 Å². The SMILES string of the molecule is CCCCSC1=NN2C(=c3ccccc3=N[C@@H]2c2ccc([N+](=O)[O-])o2)C(=O)N1. The highest BCUT2D eigenvalue weighted by Crippen LogP contribution is 2.33. The van der Waals surface area contributed by atoms with Gasteiger partial charge in [-0.05, 0) is 18.6 Å². The van der Waals surface area contributed by atoms with E-state index in [1.165, 1.54) is 28.9 Å². The van der Waals surface area contributed by atoms with Crippen LogP contribution in [0, 0.1) is 10.1 Å². The van der Waals surface area contributed by atoms with E-state index in [1.54, 1.807) is 12.1 Å². The van der Waals surface area contributed by atoms with Crippen LogP contribution in [0.25, 0.3) is 5.70 Å². The zero-order chi connectivity index (χ0) is 19.7. The molecule has 28 heavy (non-hydrogen) atoms. The summed E-state index contributed by atoms with van der Waals surface area (Å²) >= 11 is 1.45. The minimum absolute atomic E-state index is 0.245. The maximum absolute atomic E-state index is 12.9. The molecule has 0 aliphatic carbocycles. The van der Waals surface area contributed by atoms with E-state index in [9.17, 15) is 14.9 Å². The number of carbonyl (C=O) groups excluding carboxylic acids is 1. The molecule has 3 heterocycles. The third-order valence-corrected chi connectivity index (χ3v) is 5.25. The number of nitrogens with one attached hydrogen (secondary N) is 1. The van der Waals surface area contributed by atoms with Crippen molar-refractivity contribution in [3.05, 3.63) is 62.8 Å². The van der Waals surface area contributed by atoms with Gasteiger partial charge in [0.1, 0.15) is 10.6 Å². The molecular weight excluding hydrogens is 382 g/mol. The van der Waals surface area contributed by atoms with E-state index in [-0.39, 0.29) is 17.6 Å². The van der Waals surface area contributed by atoms with Crippen LogP contribution in [-0.4, -0.2) is 26.8 Å². The molecule has 4 rings (SSSR count). The number of unbranched alkanes of at least 4 members (excludes halogenated alkanes) is 1. The molecule has 1 N–H and O–H groups in total. The lowest BCUT2D eigenvalue weighted by Crippen LogP contribution is -2.50. The molecule has 144 valence electrons. The molecular formula is C18H17N5O4S. The number of fused-ring (bicyclic) bond motifs is 2. The highest BCUT2D eigenvalue weighted by molar-refractivity contribution is 8.13. The number of hydrogen-bond acceptors (Lipinski definition) is 8. The first kappa shape index (κ1) is 18.2. The summed E-state index contributed by atoms with van der Waals surface area (Å²) in [5.74, 6) is 0.398. The van der Waals surface area contributed by atoms with Crippen LogP contribution in [-0.2, 0) is 4.79 Å². The molecule has 0 fully saturated rings. The van der Waals surface area contributed by atoms with E-state index in [2.05, 4.69) is 22.3 Å². The van der Waals surface area contributed by atoms with Crippen molar-refractivity contribution in [3.63, 3.8) is 0 Å². The summed E-state index contributed by atoms with van der Waals surface area (Å²) in [7, 11) is 0. The normalized spacial score (nSPS) is 18.0. The summed E-state index contributed by atoms with van der Waals surface area (Å²) in [5, 5.41) is 21.6. The maximum Gasteiger partial charge on any atom is 0.433 e. The number of rotatable bonds is 5. The Kier molecular flexibility index (Phi) is 4.86. The number of carbonyl (C=O) groups is 1. The summed E-state index contributed by atoms with van der Waals surface area (Å²) in [5.41, 5.74) is 0.342. The smallest absolute Gasteiger partial charge is 0.401 e. The Morgan fingerprint density at radius 1 is 1.32 bits per heavy atom. The molecule has 2 aliphatic heterocycles. The van der Waals surface area contributed by atoms with Crippen molar-refractivity contribution < 1.29 is 14.1 Å². The number of hydrazone groups is 1. The lowest BCUT2D eigenvalue weighted by atomic mass is 10.1. The van der Waals surface area contributed by atoms with E-state index in [1.807, 2.05) is 12.1 Å². The first-order valence-electron chi connectivity index (χ1n) is 8.81. The Balaban J connectivity index is 1.82. The Morgan fingerprint density at radius 3 is 2.89 bits per heavy atom. The second-order valence-electron chi connectivity index (χ2n) is 6.21. The summed E-state index contributed by atoms with van der Waals surface area (Å²) < 4.78 is 5.36. The van der Waals surface area contributed by atoms with Crippen LogP contribution in [0.4, 0.5) is 5.88 Å². The number of nitrogens with zero attached hydrogens (tertiary/aromatic N) is 4. The van der Waals surface area contributed by atoms with Crippen molar-refractivity contribution in [1.82, 2.24) is 10.3 Å². The van der Waals surface area contributed by atoms with Crippen LogP contribution in [0.3, 0.4) is 0 Å². The average Bonchev–Trinajstić information content (AvgIpc) is 3.17. The number of para-hydroxylation sites is 1. The first-order valence-corrected chi connectivity index (χ1v) is 9.80. The predicted molar refractivity (Wildman–Crippen MR) is 104 cm³/mol. The molecule has 2 aliphatic rings. The Hall–Kier alpha value is -3.14. The van der Waals surface area contributed by atoms with Crippen molar-refractivity contribution in [1.29, 1.82) is 0 Å². The summed E-state index contributed by atoms with van der Waals surface area (Å²) in [6, 6.07) is 9.98. The molecule has 0 saturated heterocycles. The van der Waals surface area contributed by atoms with Gasteiger partial charge < -0.3 is 4.42 Å². The predicted octanol–water partition coefficient (Wildman–Crippen LogP) is 1.86. The molecule has 0 unspecified atom stereocenters. The van der Waals surface area contributed by atoms with Gasteiger partial charge in [0.2, 0.25) is 6.17 Å². The molecule has 10 heteroatoms. The molecule has 0 radical (unpaired) electrons. The molecule has 1 amide bonds. The molecule has 0 spiro atoms. The van der Waals surface area contributed by atoms with Gasteiger partial charge in [-0.2, -0.15) is 0 Å². The van der Waals surface area contributed by atoms with Crippen LogP contribution in [0.1, 0.15) is 31.7 Å². The Bertz CT molecular complexity index is 1090. The number of hydrogen-bond donors (Lipinski definition) is 1. The zero-order valence-electron chi connectivity index (χ0n) is 15.0. The number of nitro groups is 1. The molecule has 2 aromatic rings. The molecule has 9 nitrogen and oxygen atoms in total. The largest absolute Gasteiger partial charge is 0.433 e. The number of amides is 1. The molecule has 0 saturated carbocycles. The lowest BCUT2D eigenvalue weighted by molar-refractivity contribution is -0.402. The second kappa shape index (κ2) is 7.47. The topological polar surface area (TPSA) is 113 Å². The quantitative estimate of drug-likeness (QED) is 0.466. The lowest BCUT2D eigenvalue weighted by Gasteiger charge is -2.32. The molecule has 0 bridgehead atoms. The first-order chi connectivity index (χ1) is 13.6. The minimum atomic E-state index is -0.800. The van der Waals surface area contributed by atoms with Crippen molar-refractivity contribution in [2.75, 3.05) is 5.75 Å². The standard InChI is InChI=1S/C18H17N5O4S/c1-2-3-10-28-18-20-17(24)15-11-6-4-5-7-12(11)19-16(22(15)21-18)13-8-9-14(27-13)23(25)26/h4-9,16H,2-3,10H2,1H3,(H,20,21,24)/t16-/m0/s1. The van der Waals surface area contributed by atoms with Crippen LogP contribution < -0.4 is 15.9 Å². The maximum atomic E-state index is 12.9. The summed E-state index contributed by atoms with van der Waals surface area (Å²) in [6.45, 7) is 2.09. The molecule has 1 aromatic heterocycles. The average molecular weight is 399 g/mol. The van der Waals surface area contributed by atoms with E-state index in [0.29, 0.717) is 21.4 Å².